The van der Waals surface area contributed by atoms with Crippen molar-refractivity contribution in [1.29, 1.82) is 0 Å². The van der Waals surface area contributed by atoms with E-state index in [0.717, 1.165) is 43.2 Å². The second-order valence-corrected chi connectivity index (χ2v) is 5.78. The molecule has 1 saturated carbocycles. The number of benzene rings is 1. The summed E-state index contributed by atoms with van der Waals surface area (Å²) in [5, 5.41) is 0. The number of hydrogen-bond acceptors (Lipinski definition) is 0. The van der Waals surface area contributed by atoms with Crippen LogP contribution < -0.4 is 0 Å². The van der Waals surface area contributed by atoms with E-state index in [9.17, 15) is 17.6 Å². The van der Waals surface area contributed by atoms with Crippen LogP contribution in [-0.4, -0.2) is 6.18 Å². The van der Waals surface area contributed by atoms with Crippen LogP contribution >= 0.6 is 0 Å². The van der Waals surface area contributed by atoms with Crippen molar-refractivity contribution in [2.45, 2.75) is 51.1 Å². The predicted molar refractivity (Wildman–Crippen MR) is 76.5 cm³/mol. The fourth-order valence-electron chi connectivity index (χ4n) is 3.02. The highest BCUT2D eigenvalue weighted by molar-refractivity contribution is 5.51. The highest BCUT2D eigenvalue weighted by Crippen LogP contribution is 2.37. The van der Waals surface area contributed by atoms with Gasteiger partial charge in [0, 0.05) is 11.6 Å². The van der Waals surface area contributed by atoms with E-state index < -0.39 is 12.0 Å². The number of allylic oxidation sites excluding steroid dienone is 1. The Balaban J connectivity index is 2.07. The van der Waals surface area contributed by atoms with Gasteiger partial charge in [0.25, 0.3) is 0 Å². The summed E-state index contributed by atoms with van der Waals surface area (Å²) in [6.07, 6.45) is 2.00. The molecule has 0 amide bonds. The standard InChI is InChI=1S/C17H20F4/c1-2-12-3-5-13(6-4-12)15-8-7-14(16(18)11-15)9-10-17(19,20)21/h7-13H,2-6H2,1H3/b10-9-. The van der Waals surface area contributed by atoms with Gasteiger partial charge in [-0.25, -0.2) is 4.39 Å². The van der Waals surface area contributed by atoms with Gasteiger partial charge < -0.3 is 0 Å². The van der Waals surface area contributed by atoms with Crippen LogP contribution in [-0.2, 0) is 0 Å². The molecule has 0 unspecified atom stereocenters. The molecule has 0 heterocycles. The van der Waals surface area contributed by atoms with E-state index in [1.54, 1.807) is 6.07 Å². The Labute approximate surface area is 122 Å². The molecule has 0 bridgehead atoms. The van der Waals surface area contributed by atoms with Gasteiger partial charge in [0.05, 0.1) is 0 Å². The first-order chi connectivity index (χ1) is 9.89. The Morgan fingerprint density at radius 1 is 1.14 bits per heavy atom. The zero-order valence-electron chi connectivity index (χ0n) is 12.1. The third-order valence-corrected chi connectivity index (χ3v) is 4.37. The van der Waals surface area contributed by atoms with Crippen molar-refractivity contribution in [3.05, 3.63) is 41.2 Å². The van der Waals surface area contributed by atoms with Crippen molar-refractivity contribution < 1.29 is 17.6 Å². The lowest BCUT2D eigenvalue weighted by atomic mass is 9.78. The largest absolute Gasteiger partial charge is 0.409 e. The van der Waals surface area contributed by atoms with Crippen molar-refractivity contribution in [3.63, 3.8) is 0 Å². The van der Waals surface area contributed by atoms with Crippen LogP contribution in [0, 0.1) is 11.7 Å². The maximum atomic E-state index is 13.9. The quantitative estimate of drug-likeness (QED) is 0.593. The summed E-state index contributed by atoms with van der Waals surface area (Å²) in [6.45, 7) is 2.19. The van der Waals surface area contributed by atoms with E-state index in [1.807, 2.05) is 0 Å². The van der Waals surface area contributed by atoms with E-state index in [-0.39, 0.29) is 11.6 Å². The summed E-state index contributed by atoms with van der Waals surface area (Å²) >= 11 is 0. The van der Waals surface area contributed by atoms with Gasteiger partial charge in [0.1, 0.15) is 5.82 Å². The lowest BCUT2D eigenvalue weighted by molar-refractivity contribution is -0.0790. The van der Waals surface area contributed by atoms with Gasteiger partial charge in [0.2, 0.25) is 0 Å². The molecule has 0 saturated heterocycles. The number of alkyl halides is 3. The Hall–Kier alpha value is -1.32. The minimum atomic E-state index is -4.41. The molecule has 1 aromatic carbocycles. The van der Waals surface area contributed by atoms with Crippen LogP contribution in [0.3, 0.4) is 0 Å². The summed E-state index contributed by atoms with van der Waals surface area (Å²) < 4.78 is 50.2. The molecule has 0 N–H and O–H groups in total. The number of rotatable bonds is 3. The molecule has 1 aliphatic carbocycles. The second kappa shape index (κ2) is 6.63. The van der Waals surface area contributed by atoms with Crippen LogP contribution in [0.5, 0.6) is 0 Å². The molecule has 0 nitrogen and oxygen atoms in total. The molecule has 0 radical (unpaired) electrons. The Morgan fingerprint density at radius 2 is 1.81 bits per heavy atom. The molecule has 1 aliphatic rings. The molecular weight excluding hydrogens is 280 g/mol. The van der Waals surface area contributed by atoms with Crippen LogP contribution in [0.4, 0.5) is 17.6 Å². The van der Waals surface area contributed by atoms with Crippen LogP contribution in [0.1, 0.15) is 56.1 Å². The van der Waals surface area contributed by atoms with E-state index in [1.165, 1.54) is 18.6 Å². The van der Waals surface area contributed by atoms with Crippen molar-refractivity contribution in [1.82, 2.24) is 0 Å². The first kappa shape index (κ1) is 16.1. The molecule has 0 aromatic heterocycles. The highest BCUT2D eigenvalue weighted by Gasteiger charge is 2.23. The summed E-state index contributed by atoms with van der Waals surface area (Å²) in [4.78, 5) is 0. The minimum Gasteiger partial charge on any atom is -0.206 e. The van der Waals surface area contributed by atoms with Crippen LogP contribution in [0.15, 0.2) is 24.3 Å². The Morgan fingerprint density at radius 3 is 2.33 bits per heavy atom. The third kappa shape index (κ3) is 4.58. The SMILES string of the molecule is CCC1CCC(c2ccc(/C=C\C(F)(F)F)c(F)c2)CC1. The zero-order chi connectivity index (χ0) is 15.5. The smallest absolute Gasteiger partial charge is 0.206 e. The molecule has 1 fully saturated rings. The van der Waals surface area contributed by atoms with Gasteiger partial charge >= 0.3 is 6.18 Å². The average Bonchev–Trinajstić information content (AvgIpc) is 2.45. The summed E-state index contributed by atoms with van der Waals surface area (Å²) in [6, 6.07) is 4.60. The number of hydrogen-bond donors (Lipinski definition) is 0. The van der Waals surface area contributed by atoms with Gasteiger partial charge in [-0.3, -0.25) is 0 Å². The van der Waals surface area contributed by atoms with Crippen molar-refractivity contribution in [2.24, 2.45) is 5.92 Å². The van der Waals surface area contributed by atoms with Gasteiger partial charge in [-0.1, -0.05) is 25.5 Å². The monoisotopic (exact) mass is 300 g/mol. The zero-order valence-corrected chi connectivity index (χ0v) is 12.1. The van der Waals surface area contributed by atoms with Gasteiger partial charge in [-0.15, -0.1) is 0 Å². The average molecular weight is 300 g/mol. The Bertz CT molecular complexity index is 494. The van der Waals surface area contributed by atoms with E-state index in [0.29, 0.717) is 5.92 Å². The summed E-state index contributed by atoms with van der Waals surface area (Å²) in [5.74, 6) is 0.522. The maximum absolute atomic E-state index is 13.9. The lowest BCUT2D eigenvalue weighted by Crippen LogP contribution is -2.12. The third-order valence-electron chi connectivity index (χ3n) is 4.37. The summed E-state index contributed by atoms with van der Waals surface area (Å²) in [7, 11) is 0. The molecule has 0 spiro atoms. The number of halogens is 4. The first-order valence-electron chi connectivity index (χ1n) is 7.44. The predicted octanol–water partition coefficient (Wildman–Crippen LogP) is 6.09. The normalized spacial score (nSPS) is 23.7. The molecule has 4 heteroatoms. The van der Waals surface area contributed by atoms with Crippen molar-refractivity contribution in [3.8, 4) is 0 Å². The molecule has 116 valence electrons. The van der Waals surface area contributed by atoms with E-state index >= 15 is 0 Å². The summed E-state index contributed by atoms with van der Waals surface area (Å²) in [5.41, 5.74) is 0.893. The highest BCUT2D eigenvalue weighted by atomic mass is 19.4. The van der Waals surface area contributed by atoms with Crippen molar-refractivity contribution in [2.75, 3.05) is 0 Å². The molecule has 0 atom stereocenters. The van der Waals surface area contributed by atoms with Crippen LogP contribution in [0.2, 0.25) is 0 Å². The molecule has 1 aromatic rings. The fraction of sp³-hybridized carbons (Fsp3) is 0.529. The minimum absolute atomic E-state index is 0.0154. The van der Waals surface area contributed by atoms with E-state index in [2.05, 4.69) is 6.92 Å². The first-order valence-corrected chi connectivity index (χ1v) is 7.44. The topological polar surface area (TPSA) is 0 Å². The molecular formula is C17H20F4. The van der Waals surface area contributed by atoms with Crippen LogP contribution in [0.25, 0.3) is 6.08 Å². The molecule has 21 heavy (non-hydrogen) atoms. The molecule has 2 rings (SSSR count). The van der Waals surface area contributed by atoms with E-state index in [4.69, 9.17) is 0 Å². The lowest BCUT2D eigenvalue weighted by Gasteiger charge is -2.28. The maximum Gasteiger partial charge on any atom is 0.409 e. The van der Waals surface area contributed by atoms with Gasteiger partial charge in [-0.2, -0.15) is 13.2 Å². The van der Waals surface area contributed by atoms with Crippen molar-refractivity contribution >= 4 is 6.08 Å². The molecule has 0 aliphatic heterocycles. The van der Waals surface area contributed by atoms with Gasteiger partial charge in [-0.05, 0) is 55.2 Å². The Kier molecular flexibility index (Phi) is 5.07. The fourth-order valence-corrected chi connectivity index (χ4v) is 3.02. The second-order valence-electron chi connectivity index (χ2n) is 5.78. The van der Waals surface area contributed by atoms with Gasteiger partial charge in [0.15, 0.2) is 0 Å².